The molecule has 3 nitrogen and oxygen atoms in total. The summed E-state index contributed by atoms with van der Waals surface area (Å²) in [4.78, 5) is 0. The molecule has 98 valence electrons. The van der Waals surface area contributed by atoms with Gasteiger partial charge in [0.15, 0.2) is 0 Å². The molecule has 1 rings (SSSR count). The predicted octanol–water partition coefficient (Wildman–Crippen LogP) is 3.18. The second kappa shape index (κ2) is 6.42. The maximum absolute atomic E-state index is 8.74. The van der Waals surface area contributed by atoms with Crippen LogP contribution in [-0.4, -0.2) is 14.2 Å². The minimum absolute atomic E-state index is 0.166. The van der Waals surface area contributed by atoms with Crippen LogP contribution < -0.4 is 10.1 Å². The molecule has 0 aliphatic heterocycles. The van der Waals surface area contributed by atoms with Crippen LogP contribution in [0.2, 0.25) is 0 Å². The zero-order valence-corrected chi connectivity index (χ0v) is 11.9. The van der Waals surface area contributed by atoms with Gasteiger partial charge in [0.2, 0.25) is 0 Å². The van der Waals surface area contributed by atoms with E-state index < -0.39 is 0 Å². The number of ether oxygens (including phenoxy) is 1. The quantitative estimate of drug-likeness (QED) is 0.867. The van der Waals surface area contributed by atoms with E-state index >= 15 is 0 Å². The minimum atomic E-state index is 0.166. The third kappa shape index (κ3) is 2.83. The number of nitrogens with zero attached hydrogens (tertiary/aromatic N) is 1. The highest BCUT2D eigenvalue weighted by atomic mass is 16.5. The molecule has 0 saturated heterocycles. The maximum Gasteiger partial charge on any atom is 0.127 e. The number of hydrogen-bond acceptors (Lipinski definition) is 3. The second-order valence-corrected chi connectivity index (χ2v) is 4.62. The van der Waals surface area contributed by atoms with E-state index in [1.165, 1.54) is 22.3 Å². The number of aryl methyl sites for hydroxylation is 2. The van der Waals surface area contributed by atoms with Gasteiger partial charge in [-0.05, 0) is 50.9 Å². The largest absolute Gasteiger partial charge is 0.496 e. The Labute approximate surface area is 110 Å². The lowest BCUT2D eigenvalue weighted by Crippen LogP contribution is -2.19. The standard InChI is InChI=1S/C15H22N2O/c1-10-9-11(2)14(15(18-5)12(10)3)13(17-4)7-6-8-16/h9,13,17H,6-7H2,1-5H3. The van der Waals surface area contributed by atoms with Crippen LogP contribution in [0, 0.1) is 32.1 Å². The molecule has 1 atom stereocenters. The summed E-state index contributed by atoms with van der Waals surface area (Å²) in [5.41, 5.74) is 4.81. The molecule has 0 aliphatic carbocycles. The molecule has 0 aliphatic rings. The summed E-state index contributed by atoms with van der Waals surface area (Å²) < 4.78 is 5.58. The summed E-state index contributed by atoms with van der Waals surface area (Å²) in [6.45, 7) is 6.27. The van der Waals surface area contributed by atoms with Crippen molar-refractivity contribution in [3.63, 3.8) is 0 Å². The molecule has 1 N–H and O–H groups in total. The first-order chi connectivity index (χ1) is 8.56. The number of benzene rings is 1. The third-order valence-electron chi connectivity index (χ3n) is 3.48. The van der Waals surface area contributed by atoms with Gasteiger partial charge in [0.25, 0.3) is 0 Å². The predicted molar refractivity (Wildman–Crippen MR) is 73.9 cm³/mol. The topological polar surface area (TPSA) is 45.0 Å². The van der Waals surface area contributed by atoms with Gasteiger partial charge < -0.3 is 10.1 Å². The molecule has 0 saturated carbocycles. The number of nitrogens with one attached hydrogen (secondary N) is 1. The second-order valence-electron chi connectivity index (χ2n) is 4.62. The molecule has 3 heteroatoms. The Morgan fingerprint density at radius 3 is 2.50 bits per heavy atom. The molecule has 0 radical (unpaired) electrons. The van der Waals surface area contributed by atoms with Crippen molar-refractivity contribution in [1.82, 2.24) is 5.32 Å². The number of hydrogen-bond donors (Lipinski definition) is 1. The van der Waals surface area contributed by atoms with E-state index in [9.17, 15) is 0 Å². The van der Waals surface area contributed by atoms with E-state index in [0.29, 0.717) is 6.42 Å². The van der Waals surface area contributed by atoms with Crippen molar-refractivity contribution >= 4 is 0 Å². The Balaban J connectivity index is 3.28. The first kappa shape index (κ1) is 14.5. The molecule has 1 aromatic carbocycles. The monoisotopic (exact) mass is 246 g/mol. The van der Waals surface area contributed by atoms with Gasteiger partial charge in [0, 0.05) is 18.0 Å². The Hall–Kier alpha value is -1.53. The van der Waals surface area contributed by atoms with Gasteiger partial charge in [0.1, 0.15) is 5.75 Å². The molecule has 0 heterocycles. The molecule has 0 fully saturated rings. The molecule has 1 unspecified atom stereocenters. The normalized spacial score (nSPS) is 12.0. The average Bonchev–Trinajstić information content (AvgIpc) is 2.36. The molecule has 0 spiro atoms. The Bertz CT molecular complexity index is 461. The molecule has 0 aromatic heterocycles. The van der Waals surface area contributed by atoms with Crippen LogP contribution in [0.5, 0.6) is 5.75 Å². The van der Waals surface area contributed by atoms with Crippen molar-refractivity contribution in [3.8, 4) is 11.8 Å². The third-order valence-corrected chi connectivity index (χ3v) is 3.48. The van der Waals surface area contributed by atoms with Crippen LogP contribution in [0.1, 0.15) is 41.1 Å². The van der Waals surface area contributed by atoms with Crippen LogP contribution in [0.4, 0.5) is 0 Å². The molecular formula is C15H22N2O. The summed E-state index contributed by atoms with van der Waals surface area (Å²) in [5.74, 6) is 0.949. The fraction of sp³-hybridized carbons (Fsp3) is 0.533. The number of nitriles is 1. The van der Waals surface area contributed by atoms with Crippen LogP contribution in [-0.2, 0) is 0 Å². The van der Waals surface area contributed by atoms with Gasteiger partial charge in [-0.25, -0.2) is 0 Å². The van der Waals surface area contributed by atoms with Crippen molar-refractivity contribution in [2.75, 3.05) is 14.2 Å². The van der Waals surface area contributed by atoms with Gasteiger partial charge in [-0.2, -0.15) is 5.26 Å². The first-order valence-electron chi connectivity index (χ1n) is 6.25. The summed E-state index contributed by atoms with van der Waals surface area (Å²) in [6.07, 6.45) is 1.34. The van der Waals surface area contributed by atoms with Crippen molar-refractivity contribution in [1.29, 1.82) is 5.26 Å². The zero-order chi connectivity index (χ0) is 13.7. The van der Waals surface area contributed by atoms with Crippen LogP contribution in [0.15, 0.2) is 6.07 Å². The van der Waals surface area contributed by atoms with Crippen LogP contribution in [0.3, 0.4) is 0 Å². The first-order valence-corrected chi connectivity index (χ1v) is 6.25. The van der Waals surface area contributed by atoms with Gasteiger partial charge in [-0.15, -0.1) is 0 Å². The van der Waals surface area contributed by atoms with E-state index in [-0.39, 0.29) is 6.04 Å². The van der Waals surface area contributed by atoms with E-state index in [2.05, 4.69) is 38.2 Å². The van der Waals surface area contributed by atoms with Gasteiger partial charge in [0.05, 0.1) is 13.2 Å². The van der Waals surface area contributed by atoms with Crippen molar-refractivity contribution in [3.05, 3.63) is 28.3 Å². The van der Waals surface area contributed by atoms with Gasteiger partial charge >= 0.3 is 0 Å². The van der Waals surface area contributed by atoms with Gasteiger partial charge in [-0.1, -0.05) is 6.07 Å². The van der Waals surface area contributed by atoms with Gasteiger partial charge in [-0.3, -0.25) is 0 Å². The summed E-state index contributed by atoms with van der Waals surface area (Å²) in [5, 5.41) is 12.0. The Kier molecular flexibility index (Phi) is 5.18. The van der Waals surface area contributed by atoms with Crippen LogP contribution >= 0.6 is 0 Å². The lowest BCUT2D eigenvalue weighted by atomic mass is 9.92. The molecule has 1 aromatic rings. The SMILES string of the molecule is CNC(CCC#N)c1c(C)cc(C)c(C)c1OC. The number of rotatable bonds is 5. The Morgan fingerprint density at radius 1 is 1.33 bits per heavy atom. The lowest BCUT2D eigenvalue weighted by molar-refractivity contribution is 0.395. The highest BCUT2D eigenvalue weighted by Gasteiger charge is 2.19. The average molecular weight is 246 g/mol. The van der Waals surface area contributed by atoms with E-state index in [1.807, 2.05) is 7.05 Å². The summed E-state index contributed by atoms with van der Waals surface area (Å²) in [6, 6.07) is 4.55. The van der Waals surface area contributed by atoms with E-state index in [4.69, 9.17) is 10.00 Å². The molecule has 0 bridgehead atoms. The smallest absolute Gasteiger partial charge is 0.127 e. The fourth-order valence-corrected chi connectivity index (χ4v) is 2.41. The van der Waals surface area contributed by atoms with E-state index in [0.717, 1.165) is 12.2 Å². The van der Waals surface area contributed by atoms with Crippen molar-refractivity contribution in [2.45, 2.75) is 39.7 Å². The number of methoxy groups -OCH3 is 1. The lowest BCUT2D eigenvalue weighted by Gasteiger charge is -2.23. The molecule has 0 amide bonds. The fourth-order valence-electron chi connectivity index (χ4n) is 2.41. The van der Waals surface area contributed by atoms with Crippen molar-refractivity contribution < 1.29 is 4.74 Å². The highest BCUT2D eigenvalue weighted by molar-refractivity contribution is 5.51. The maximum atomic E-state index is 8.74. The summed E-state index contributed by atoms with van der Waals surface area (Å²) in [7, 11) is 3.64. The summed E-state index contributed by atoms with van der Waals surface area (Å²) >= 11 is 0. The highest BCUT2D eigenvalue weighted by Crippen LogP contribution is 2.35. The molecular weight excluding hydrogens is 224 g/mol. The van der Waals surface area contributed by atoms with Crippen LogP contribution in [0.25, 0.3) is 0 Å². The minimum Gasteiger partial charge on any atom is -0.496 e. The zero-order valence-electron chi connectivity index (χ0n) is 11.9. The van der Waals surface area contributed by atoms with Crippen molar-refractivity contribution in [2.24, 2.45) is 0 Å². The molecule has 18 heavy (non-hydrogen) atoms. The van der Waals surface area contributed by atoms with E-state index in [1.54, 1.807) is 7.11 Å². The Morgan fingerprint density at radius 2 is 2.00 bits per heavy atom.